The number of anilines is 4. The number of hydrogen-bond donors (Lipinski definition) is 1. The van der Waals surface area contributed by atoms with Gasteiger partial charge in [-0.05, 0) is 81.9 Å². The van der Waals surface area contributed by atoms with Gasteiger partial charge in [0.15, 0.2) is 0 Å². The molecule has 0 aliphatic carbocycles. The van der Waals surface area contributed by atoms with Gasteiger partial charge in [0.05, 0.1) is 11.4 Å². The molecule has 0 saturated heterocycles. The Morgan fingerprint density at radius 2 is 1.22 bits per heavy atom. The number of benzene rings is 8. The van der Waals surface area contributed by atoms with Crippen LogP contribution in [0.3, 0.4) is 0 Å². The first-order valence-electron chi connectivity index (χ1n) is 16.6. The molecule has 49 heavy (non-hydrogen) atoms. The molecule has 1 aliphatic heterocycles. The fourth-order valence-electron chi connectivity index (χ4n) is 7.37. The van der Waals surface area contributed by atoms with E-state index in [0.717, 1.165) is 17.1 Å². The summed E-state index contributed by atoms with van der Waals surface area (Å²) < 4.78 is 2.64. The van der Waals surface area contributed by atoms with Crippen molar-refractivity contribution in [3.63, 3.8) is 0 Å². The summed E-state index contributed by atoms with van der Waals surface area (Å²) in [4.78, 5) is 3.71. The number of para-hydroxylation sites is 2. The number of rotatable bonds is 5. The summed E-state index contributed by atoms with van der Waals surface area (Å²) in [6.07, 6.45) is 0. The first-order chi connectivity index (χ1) is 24.3. The van der Waals surface area contributed by atoms with Crippen molar-refractivity contribution >= 4 is 87.6 Å². The molecule has 4 heteroatoms. The second-order valence-electron chi connectivity index (χ2n) is 12.6. The van der Waals surface area contributed by atoms with E-state index in [0.29, 0.717) is 0 Å². The average Bonchev–Trinajstić information content (AvgIpc) is 3.78. The van der Waals surface area contributed by atoms with Crippen molar-refractivity contribution in [2.75, 3.05) is 10.2 Å². The molecule has 0 saturated carbocycles. The van der Waals surface area contributed by atoms with Crippen LogP contribution in [-0.4, -0.2) is 0 Å². The van der Waals surface area contributed by atoms with E-state index in [1.807, 2.05) is 23.1 Å². The molecule has 1 aliphatic rings. The minimum absolute atomic E-state index is 0.186. The third kappa shape index (κ3) is 4.79. The SMILES string of the molecule is c1ccc(C2Nc3c(ccc4ccc5ccc(N(c6ccccc6)c6ccccc6-c6ccc7sc8ccccc8c7c6)cc5c34)S2)cc1. The van der Waals surface area contributed by atoms with Crippen molar-refractivity contribution in [2.45, 2.75) is 10.3 Å². The maximum absolute atomic E-state index is 3.90. The van der Waals surface area contributed by atoms with Gasteiger partial charge in [-0.2, -0.15) is 0 Å². The Kier molecular flexibility index (Phi) is 6.71. The van der Waals surface area contributed by atoms with Crippen molar-refractivity contribution in [3.8, 4) is 11.1 Å². The normalized spacial score (nSPS) is 14.0. The quantitative estimate of drug-likeness (QED) is 0.185. The topological polar surface area (TPSA) is 15.3 Å². The summed E-state index contributed by atoms with van der Waals surface area (Å²) in [5, 5.41) is 11.7. The maximum Gasteiger partial charge on any atom is 0.103 e. The van der Waals surface area contributed by atoms with Gasteiger partial charge in [-0.3, -0.25) is 0 Å². The molecule has 1 unspecified atom stereocenters. The molecular weight excluding hydrogens is 633 g/mol. The molecule has 0 bridgehead atoms. The van der Waals surface area contributed by atoms with Crippen LogP contribution in [0.5, 0.6) is 0 Å². The van der Waals surface area contributed by atoms with E-state index >= 15 is 0 Å². The van der Waals surface area contributed by atoms with Crippen LogP contribution in [-0.2, 0) is 0 Å². The van der Waals surface area contributed by atoms with Crippen LogP contribution in [0.25, 0.3) is 52.8 Å². The van der Waals surface area contributed by atoms with Crippen molar-refractivity contribution < 1.29 is 0 Å². The van der Waals surface area contributed by atoms with E-state index in [9.17, 15) is 0 Å². The Morgan fingerprint density at radius 1 is 0.510 bits per heavy atom. The third-order valence-corrected chi connectivity index (χ3v) is 12.0. The Balaban J connectivity index is 1.16. The number of fused-ring (bicyclic) bond motifs is 8. The zero-order valence-electron chi connectivity index (χ0n) is 26.5. The van der Waals surface area contributed by atoms with Gasteiger partial charge in [0.2, 0.25) is 0 Å². The molecule has 0 fully saturated rings. The van der Waals surface area contributed by atoms with Crippen molar-refractivity contribution in [2.24, 2.45) is 0 Å². The van der Waals surface area contributed by atoms with Crippen LogP contribution in [0.1, 0.15) is 10.9 Å². The molecule has 2 nitrogen and oxygen atoms in total. The summed E-state index contributed by atoms with van der Waals surface area (Å²) in [6, 6.07) is 62.0. The molecule has 1 N–H and O–H groups in total. The van der Waals surface area contributed by atoms with Gasteiger partial charge in [-0.15, -0.1) is 11.3 Å². The Morgan fingerprint density at radius 3 is 2.12 bits per heavy atom. The molecule has 10 rings (SSSR count). The molecule has 2 heterocycles. The number of thioether (sulfide) groups is 1. The van der Waals surface area contributed by atoms with E-state index < -0.39 is 0 Å². The van der Waals surface area contributed by atoms with Crippen LogP contribution in [0.15, 0.2) is 175 Å². The van der Waals surface area contributed by atoms with Gasteiger partial charge >= 0.3 is 0 Å². The van der Waals surface area contributed by atoms with Crippen LogP contribution < -0.4 is 10.2 Å². The number of nitrogens with one attached hydrogen (secondary N) is 1. The molecule has 0 radical (unpaired) electrons. The maximum atomic E-state index is 3.90. The summed E-state index contributed by atoms with van der Waals surface area (Å²) in [7, 11) is 0. The van der Waals surface area contributed by atoms with Gasteiger partial charge in [-0.25, -0.2) is 0 Å². The van der Waals surface area contributed by atoms with E-state index in [1.54, 1.807) is 0 Å². The first kappa shape index (κ1) is 28.5. The Bertz CT molecular complexity index is 2680. The Hall–Kier alpha value is -5.55. The molecule has 8 aromatic carbocycles. The third-order valence-electron chi connectivity index (χ3n) is 9.68. The summed E-state index contributed by atoms with van der Waals surface area (Å²) in [5.41, 5.74) is 8.33. The van der Waals surface area contributed by atoms with Crippen molar-refractivity contribution in [1.29, 1.82) is 0 Å². The lowest BCUT2D eigenvalue weighted by Gasteiger charge is -2.28. The molecular formula is C45H30N2S2. The zero-order valence-corrected chi connectivity index (χ0v) is 28.1. The molecule has 1 atom stereocenters. The number of nitrogens with zero attached hydrogens (tertiary/aromatic N) is 1. The zero-order chi connectivity index (χ0) is 32.3. The van der Waals surface area contributed by atoms with Crippen molar-refractivity contribution in [3.05, 3.63) is 175 Å². The summed E-state index contributed by atoms with van der Waals surface area (Å²) >= 11 is 3.76. The highest BCUT2D eigenvalue weighted by atomic mass is 32.2. The monoisotopic (exact) mass is 662 g/mol. The summed E-state index contributed by atoms with van der Waals surface area (Å²) in [6.45, 7) is 0. The minimum atomic E-state index is 0.186. The predicted octanol–water partition coefficient (Wildman–Crippen LogP) is 13.7. The molecule has 232 valence electrons. The van der Waals surface area contributed by atoms with E-state index in [-0.39, 0.29) is 5.37 Å². The van der Waals surface area contributed by atoms with Gasteiger partial charge < -0.3 is 10.2 Å². The highest BCUT2D eigenvalue weighted by Gasteiger charge is 2.26. The lowest BCUT2D eigenvalue weighted by molar-refractivity contribution is 1.14. The highest BCUT2D eigenvalue weighted by molar-refractivity contribution is 8.00. The van der Waals surface area contributed by atoms with Crippen LogP contribution in [0.4, 0.5) is 22.7 Å². The number of hydrogen-bond acceptors (Lipinski definition) is 4. The average molecular weight is 663 g/mol. The van der Waals surface area contributed by atoms with Crippen LogP contribution >= 0.6 is 23.1 Å². The van der Waals surface area contributed by atoms with Gasteiger partial charge in [0.1, 0.15) is 5.37 Å². The second kappa shape index (κ2) is 11.6. The standard InChI is InChI=1S/C45H30N2S2/c1-3-11-31(12-4-1)45-46-44-42(49-45)26-22-30-20-19-29-21-24-34(28-37(29)43(30)44)47(33-13-5-2-6-14-33)39-17-9-7-15-35(39)32-23-25-41-38(27-32)36-16-8-10-18-40(36)48-41/h1-28,45-46H. The van der Waals surface area contributed by atoms with Gasteiger partial charge in [-0.1, -0.05) is 127 Å². The fraction of sp³-hybridized carbons (Fsp3) is 0.0222. The predicted molar refractivity (Wildman–Crippen MR) is 213 cm³/mol. The van der Waals surface area contributed by atoms with Gasteiger partial charge in [0, 0.05) is 47.4 Å². The van der Waals surface area contributed by atoms with Crippen LogP contribution in [0, 0.1) is 0 Å². The molecule has 9 aromatic rings. The van der Waals surface area contributed by atoms with E-state index in [1.165, 1.54) is 69.0 Å². The smallest absolute Gasteiger partial charge is 0.103 e. The fourth-order valence-corrected chi connectivity index (χ4v) is 9.61. The lowest BCUT2D eigenvalue weighted by atomic mass is 9.98. The largest absolute Gasteiger partial charge is 0.368 e. The number of thiophene rings is 1. The second-order valence-corrected chi connectivity index (χ2v) is 14.8. The van der Waals surface area contributed by atoms with Crippen LogP contribution in [0.2, 0.25) is 0 Å². The van der Waals surface area contributed by atoms with Crippen molar-refractivity contribution in [1.82, 2.24) is 0 Å². The lowest BCUT2D eigenvalue weighted by Crippen LogP contribution is -2.11. The molecule has 0 amide bonds. The Labute approximate surface area is 293 Å². The minimum Gasteiger partial charge on any atom is -0.368 e. The first-order valence-corrected chi connectivity index (χ1v) is 18.3. The summed E-state index contributed by atoms with van der Waals surface area (Å²) in [5.74, 6) is 0. The van der Waals surface area contributed by atoms with E-state index in [4.69, 9.17) is 0 Å². The van der Waals surface area contributed by atoms with E-state index in [2.05, 4.69) is 180 Å². The molecule has 0 spiro atoms. The van der Waals surface area contributed by atoms with Gasteiger partial charge in [0.25, 0.3) is 0 Å². The highest BCUT2D eigenvalue weighted by Crippen LogP contribution is 2.51. The molecule has 1 aromatic heterocycles.